The highest BCUT2D eigenvalue weighted by molar-refractivity contribution is 6.30. The highest BCUT2D eigenvalue weighted by Gasteiger charge is 2.22. The van der Waals surface area contributed by atoms with Gasteiger partial charge in [0.2, 0.25) is 0 Å². The van der Waals surface area contributed by atoms with E-state index in [2.05, 4.69) is 5.32 Å². The van der Waals surface area contributed by atoms with Crippen LogP contribution >= 0.6 is 11.6 Å². The molecule has 1 aromatic carbocycles. The molecular weight excluding hydrogens is 292 g/mol. The van der Waals surface area contributed by atoms with Crippen LogP contribution in [0.3, 0.4) is 0 Å². The number of nitrogens with one attached hydrogen (secondary N) is 1. The van der Waals surface area contributed by atoms with Gasteiger partial charge in [-0.1, -0.05) is 23.7 Å². The van der Waals surface area contributed by atoms with E-state index in [1.807, 2.05) is 18.2 Å². The quantitative estimate of drug-likeness (QED) is 0.896. The number of halogens is 1. The average Bonchev–Trinajstić information content (AvgIpc) is 2.48. The molecule has 0 bridgehead atoms. The number of aliphatic hydroxyl groups is 1. The van der Waals surface area contributed by atoms with Crippen molar-refractivity contribution >= 4 is 17.6 Å². The van der Waals surface area contributed by atoms with Gasteiger partial charge in [-0.3, -0.25) is 0 Å². The molecule has 1 fully saturated rings. The van der Waals surface area contributed by atoms with Crippen LogP contribution in [0.1, 0.15) is 24.5 Å². The maximum atomic E-state index is 12.1. The lowest BCUT2D eigenvalue weighted by atomic mass is 10.1. The minimum atomic E-state index is -0.421. The fourth-order valence-corrected chi connectivity index (χ4v) is 2.67. The number of piperidine rings is 1. The zero-order valence-electron chi connectivity index (χ0n) is 12.1. The molecule has 1 saturated heterocycles. The Balaban J connectivity index is 1.89. The van der Waals surface area contributed by atoms with Gasteiger partial charge in [-0.25, -0.2) is 4.79 Å². The first-order chi connectivity index (χ1) is 10.1. The Bertz CT molecular complexity index is 484. The molecule has 5 nitrogen and oxygen atoms in total. The molecule has 0 saturated carbocycles. The fraction of sp³-hybridized carbons (Fsp3) is 0.533. The maximum Gasteiger partial charge on any atom is 0.317 e. The molecular formula is C15H21ClN2O3. The summed E-state index contributed by atoms with van der Waals surface area (Å²) in [5, 5.41) is 13.1. The first-order valence-electron chi connectivity index (χ1n) is 7.09. The van der Waals surface area contributed by atoms with Crippen molar-refractivity contribution in [2.75, 3.05) is 26.7 Å². The molecule has 1 aliphatic rings. The Morgan fingerprint density at radius 3 is 3.10 bits per heavy atom. The van der Waals surface area contributed by atoms with Gasteiger partial charge in [0.15, 0.2) is 0 Å². The van der Waals surface area contributed by atoms with Gasteiger partial charge in [0.1, 0.15) is 0 Å². The SMILES string of the molecule is COC(CNC(=O)N1CCCC(O)C1)c1cccc(Cl)c1. The third kappa shape index (κ3) is 4.59. The summed E-state index contributed by atoms with van der Waals surface area (Å²) in [6, 6.07) is 7.22. The molecule has 0 aliphatic carbocycles. The first kappa shape index (κ1) is 16.1. The van der Waals surface area contributed by atoms with Crippen LogP contribution in [0.5, 0.6) is 0 Å². The first-order valence-corrected chi connectivity index (χ1v) is 7.47. The second-order valence-corrected chi connectivity index (χ2v) is 5.64. The number of hydrogen-bond donors (Lipinski definition) is 2. The van der Waals surface area contributed by atoms with Crippen LogP contribution in [0.2, 0.25) is 5.02 Å². The van der Waals surface area contributed by atoms with E-state index in [0.29, 0.717) is 24.7 Å². The number of aliphatic hydroxyl groups excluding tert-OH is 1. The highest BCUT2D eigenvalue weighted by atomic mass is 35.5. The molecule has 2 rings (SSSR count). The molecule has 116 valence electrons. The van der Waals surface area contributed by atoms with Gasteiger partial charge >= 0.3 is 6.03 Å². The number of carbonyl (C=O) groups excluding carboxylic acids is 1. The predicted octanol–water partition coefficient (Wildman–Crippen LogP) is 2.19. The summed E-state index contributed by atoms with van der Waals surface area (Å²) >= 11 is 5.97. The van der Waals surface area contributed by atoms with Crippen LogP contribution < -0.4 is 5.32 Å². The number of β-amino-alcohol motifs (C(OH)–C–C–N with tert-alkyl or cyclic N) is 1. The van der Waals surface area contributed by atoms with Gasteiger partial charge in [0.05, 0.1) is 12.2 Å². The van der Waals surface area contributed by atoms with Crippen molar-refractivity contribution in [2.45, 2.75) is 25.0 Å². The summed E-state index contributed by atoms with van der Waals surface area (Å²) in [4.78, 5) is 13.7. The predicted molar refractivity (Wildman–Crippen MR) is 81.4 cm³/mol. The molecule has 21 heavy (non-hydrogen) atoms. The number of likely N-dealkylation sites (tertiary alicyclic amines) is 1. The van der Waals surface area contributed by atoms with Crippen molar-refractivity contribution in [3.8, 4) is 0 Å². The van der Waals surface area contributed by atoms with Gasteiger partial charge in [-0.05, 0) is 30.5 Å². The minimum absolute atomic E-state index is 0.169. The van der Waals surface area contributed by atoms with Gasteiger partial charge in [0.25, 0.3) is 0 Å². The number of urea groups is 1. The van der Waals surface area contributed by atoms with Crippen molar-refractivity contribution < 1.29 is 14.6 Å². The lowest BCUT2D eigenvalue weighted by Gasteiger charge is -2.30. The second kappa shape index (κ2) is 7.64. The molecule has 0 radical (unpaired) electrons. The van der Waals surface area contributed by atoms with Crippen molar-refractivity contribution in [3.63, 3.8) is 0 Å². The van der Waals surface area contributed by atoms with E-state index in [4.69, 9.17) is 16.3 Å². The largest absolute Gasteiger partial charge is 0.391 e. The molecule has 0 spiro atoms. The van der Waals surface area contributed by atoms with E-state index in [1.165, 1.54) is 0 Å². The van der Waals surface area contributed by atoms with Gasteiger partial charge < -0.3 is 20.1 Å². The Labute approximate surface area is 129 Å². The topological polar surface area (TPSA) is 61.8 Å². The monoisotopic (exact) mass is 312 g/mol. The molecule has 1 heterocycles. The third-order valence-corrected chi connectivity index (χ3v) is 3.86. The van der Waals surface area contributed by atoms with E-state index in [-0.39, 0.29) is 12.1 Å². The van der Waals surface area contributed by atoms with Crippen molar-refractivity contribution in [3.05, 3.63) is 34.9 Å². The molecule has 2 atom stereocenters. The molecule has 2 N–H and O–H groups in total. The standard InChI is InChI=1S/C15H21ClN2O3/c1-21-14(11-4-2-5-12(16)8-11)9-17-15(20)18-7-3-6-13(19)10-18/h2,4-5,8,13-14,19H,3,6-7,9-10H2,1H3,(H,17,20). The van der Waals surface area contributed by atoms with E-state index in [9.17, 15) is 9.90 Å². The number of rotatable bonds is 4. The molecule has 1 aromatic rings. The fourth-order valence-electron chi connectivity index (χ4n) is 2.48. The summed E-state index contributed by atoms with van der Waals surface area (Å²) in [7, 11) is 1.60. The summed E-state index contributed by atoms with van der Waals surface area (Å²) in [5.74, 6) is 0. The minimum Gasteiger partial charge on any atom is -0.391 e. The van der Waals surface area contributed by atoms with E-state index < -0.39 is 6.10 Å². The van der Waals surface area contributed by atoms with E-state index in [0.717, 1.165) is 18.4 Å². The zero-order valence-corrected chi connectivity index (χ0v) is 12.8. The molecule has 2 unspecified atom stereocenters. The Morgan fingerprint density at radius 1 is 1.62 bits per heavy atom. The van der Waals surface area contributed by atoms with E-state index in [1.54, 1.807) is 18.1 Å². The van der Waals surface area contributed by atoms with Gasteiger partial charge in [-0.15, -0.1) is 0 Å². The Kier molecular flexibility index (Phi) is 5.85. The average molecular weight is 313 g/mol. The molecule has 0 aromatic heterocycles. The molecule has 1 aliphatic heterocycles. The van der Waals surface area contributed by atoms with Crippen molar-refractivity contribution in [1.82, 2.24) is 10.2 Å². The summed E-state index contributed by atoms with van der Waals surface area (Å²) in [6.07, 6.45) is 0.918. The third-order valence-electron chi connectivity index (χ3n) is 3.63. The van der Waals surface area contributed by atoms with Crippen LogP contribution in [-0.2, 0) is 4.74 Å². The molecule has 6 heteroatoms. The summed E-state index contributed by atoms with van der Waals surface area (Å²) < 4.78 is 5.41. The number of nitrogens with zero attached hydrogens (tertiary/aromatic N) is 1. The van der Waals surface area contributed by atoms with Crippen molar-refractivity contribution in [1.29, 1.82) is 0 Å². The second-order valence-electron chi connectivity index (χ2n) is 5.21. The highest BCUT2D eigenvalue weighted by Crippen LogP contribution is 2.20. The lowest BCUT2D eigenvalue weighted by molar-refractivity contribution is 0.0778. The Morgan fingerprint density at radius 2 is 2.43 bits per heavy atom. The summed E-state index contributed by atoms with van der Waals surface area (Å²) in [5.41, 5.74) is 0.920. The maximum absolute atomic E-state index is 12.1. The number of benzene rings is 1. The smallest absolute Gasteiger partial charge is 0.317 e. The Hall–Kier alpha value is -1.30. The number of methoxy groups -OCH3 is 1. The number of carbonyl (C=O) groups is 1. The van der Waals surface area contributed by atoms with Crippen LogP contribution in [-0.4, -0.2) is 48.9 Å². The van der Waals surface area contributed by atoms with Crippen molar-refractivity contribution in [2.24, 2.45) is 0 Å². The van der Waals surface area contributed by atoms with Crippen LogP contribution in [0.15, 0.2) is 24.3 Å². The van der Waals surface area contributed by atoms with E-state index >= 15 is 0 Å². The molecule has 2 amide bonds. The van der Waals surface area contributed by atoms with Crippen LogP contribution in [0.4, 0.5) is 4.79 Å². The normalized spacial score (nSPS) is 20.1. The number of hydrogen-bond acceptors (Lipinski definition) is 3. The zero-order chi connectivity index (χ0) is 15.2. The number of ether oxygens (including phenoxy) is 1. The number of amides is 2. The van der Waals surface area contributed by atoms with Crippen LogP contribution in [0.25, 0.3) is 0 Å². The van der Waals surface area contributed by atoms with Crippen LogP contribution in [0, 0.1) is 0 Å². The van der Waals surface area contributed by atoms with Gasteiger partial charge in [-0.2, -0.15) is 0 Å². The summed E-state index contributed by atoms with van der Waals surface area (Å²) in [6.45, 7) is 1.43. The lowest BCUT2D eigenvalue weighted by Crippen LogP contribution is -2.47. The van der Waals surface area contributed by atoms with Gasteiger partial charge in [0, 0.05) is 31.8 Å².